The average molecular weight is 441 g/mol. The monoisotopic (exact) mass is 440 g/mol. The Kier molecular flexibility index (Phi) is 10.3. The summed E-state index contributed by atoms with van der Waals surface area (Å²) in [5.41, 5.74) is 2.42. The lowest BCUT2D eigenvalue weighted by Gasteiger charge is -2.34. The van der Waals surface area contributed by atoms with E-state index in [1.165, 1.54) is 11.1 Å². The van der Waals surface area contributed by atoms with Crippen LogP contribution in [0.5, 0.6) is 5.75 Å². The minimum Gasteiger partial charge on any atom is -0.497 e. The van der Waals surface area contributed by atoms with Gasteiger partial charge in [-0.25, -0.2) is 0 Å². The lowest BCUT2D eigenvalue weighted by Crippen LogP contribution is -2.42. The second-order valence-electron chi connectivity index (χ2n) is 7.62. The second-order valence-corrected chi connectivity index (χ2v) is 7.62. The van der Waals surface area contributed by atoms with Gasteiger partial charge in [-0.3, -0.25) is 9.89 Å². The summed E-state index contributed by atoms with van der Waals surface area (Å²) in [5.74, 6) is 1.67. The van der Waals surface area contributed by atoms with Gasteiger partial charge in [0.05, 0.1) is 46.1 Å². The van der Waals surface area contributed by atoms with E-state index in [2.05, 4.69) is 46.7 Å². The molecule has 2 N–H and O–H groups in total. The van der Waals surface area contributed by atoms with Crippen molar-refractivity contribution in [2.75, 3.05) is 59.7 Å². The molecular formula is C25H36N4O3. The second kappa shape index (κ2) is 13.7. The van der Waals surface area contributed by atoms with Gasteiger partial charge in [-0.1, -0.05) is 42.5 Å². The summed E-state index contributed by atoms with van der Waals surface area (Å²) in [6, 6.07) is 18.7. The van der Waals surface area contributed by atoms with Crippen LogP contribution in [-0.2, 0) is 16.1 Å². The summed E-state index contributed by atoms with van der Waals surface area (Å²) in [5, 5.41) is 6.72. The number of hydrogen-bond donors (Lipinski definition) is 2. The predicted molar refractivity (Wildman–Crippen MR) is 128 cm³/mol. The van der Waals surface area contributed by atoms with E-state index in [1.807, 2.05) is 30.3 Å². The third kappa shape index (κ3) is 7.82. The molecule has 0 aliphatic carbocycles. The van der Waals surface area contributed by atoms with E-state index < -0.39 is 0 Å². The zero-order chi connectivity index (χ0) is 22.4. The molecule has 1 heterocycles. The highest BCUT2D eigenvalue weighted by Crippen LogP contribution is 2.24. The quantitative estimate of drug-likeness (QED) is 0.318. The van der Waals surface area contributed by atoms with Crippen molar-refractivity contribution in [2.24, 2.45) is 4.99 Å². The van der Waals surface area contributed by atoms with Crippen molar-refractivity contribution in [2.45, 2.75) is 19.6 Å². The average Bonchev–Trinajstić information content (AvgIpc) is 2.85. The molecular weight excluding hydrogens is 404 g/mol. The van der Waals surface area contributed by atoms with Crippen molar-refractivity contribution < 1.29 is 14.2 Å². The largest absolute Gasteiger partial charge is 0.497 e. The lowest BCUT2D eigenvalue weighted by atomic mass is 10.0. The van der Waals surface area contributed by atoms with E-state index in [4.69, 9.17) is 19.2 Å². The van der Waals surface area contributed by atoms with Crippen LogP contribution in [-0.4, -0.2) is 70.5 Å². The van der Waals surface area contributed by atoms with E-state index in [1.54, 1.807) is 7.11 Å². The standard InChI is InChI=1S/C25H36N4O3/c1-3-26-25(27-13-16-32-20-21-7-5-4-6-8-21)28-19-24(29-14-17-31-18-15-29)22-9-11-23(30-2)12-10-22/h4-12,24H,3,13-20H2,1-2H3,(H2,26,27,28). The maximum absolute atomic E-state index is 5.78. The molecule has 7 heteroatoms. The summed E-state index contributed by atoms with van der Waals surface area (Å²) in [6.45, 7) is 8.80. The van der Waals surface area contributed by atoms with Crippen LogP contribution in [0.25, 0.3) is 0 Å². The molecule has 174 valence electrons. The lowest BCUT2D eigenvalue weighted by molar-refractivity contribution is 0.0179. The summed E-state index contributed by atoms with van der Waals surface area (Å²) >= 11 is 0. The molecule has 0 spiro atoms. The molecule has 0 amide bonds. The summed E-state index contributed by atoms with van der Waals surface area (Å²) < 4.78 is 16.7. The number of morpholine rings is 1. The maximum Gasteiger partial charge on any atom is 0.191 e. The van der Waals surface area contributed by atoms with E-state index in [0.717, 1.165) is 44.6 Å². The van der Waals surface area contributed by atoms with Crippen LogP contribution in [0.1, 0.15) is 24.1 Å². The number of nitrogens with zero attached hydrogens (tertiary/aromatic N) is 2. The maximum atomic E-state index is 5.78. The number of aliphatic imine (C=N–C) groups is 1. The first kappa shape index (κ1) is 24.0. The molecule has 1 aliphatic rings. The molecule has 2 aromatic carbocycles. The Bertz CT molecular complexity index is 793. The van der Waals surface area contributed by atoms with Crippen LogP contribution >= 0.6 is 0 Å². The van der Waals surface area contributed by atoms with Crippen molar-refractivity contribution in [1.29, 1.82) is 0 Å². The first-order valence-corrected chi connectivity index (χ1v) is 11.4. The van der Waals surface area contributed by atoms with Gasteiger partial charge < -0.3 is 24.8 Å². The van der Waals surface area contributed by atoms with Crippen molar-refractivity contribution in [3.63, 3.8) is 0 Å². The first-order chi connectivity index (χ1) is 15.8. The highest BCUT2D eigenvalue weighted by Gasteiger charge is 2.22. The Labute approximate surface area is 191 Å². The van der Waals surface area contributed by atoms with Crippen molar-refractivity contribution in [1.82, 2.24) is 15.5 Å². The van der Waals surface area contributed by atoms with Crippen molar-refractivity contribution >= 4 is 5.96 Å². The van der Waals surface area contributed by atoms with Gasteiger partial charge in [-0.15, -0.1) is 0 Å². The molecule has 2 aromatic rings. The smallest absolute Gasteiger partial charge is 0.191 e. The van der Waals surface area contributed by atoms with E-state index >= 15 is 0 Å². The van der Waals surface area contributed by atoms with Gasteiger partial charge in [0.2, 0.25) is 0 Å². The SMILES string of the molecule is CCNC(=NCC(c1ccc(OC)cc1)N1CCOCC1)NCCOCc1ccccc1. The molecule has 1 aliphatic heterocycles. The first-order valence-electron chi connectivity index (χ1n) is 11.4. The van der Waals surface area contributed by atoms with Gasteiger partial charge in [-0.05, 0) is 30.2 Å². The Morgan fingerprint density at radius 3 is 2.50 bits per heavy atom. The summed E-state index contributed by atoms with van der Waals surface area (Å²) in [4.78, 5) is 7.33. The van der Waals surface area contributed by atoms with Gasteiger partial charge in [-0.2, -0.15) is 0 Å². The number of ether oxygens (including phenoxy) is 3. The third-order valence-corrected chi connectivity index (χ3v) is 5.40. The Hall–Kier alpha value is -2.61. The number of hydrogen-bond acceptors (Lipinski definition) is 5. The van der Waals surface area contributed by atoms with Crippen LogP contribution in [0.2, 0.25) is 0 Å². The number of guanidine groups is 1. The number of benzene rings is 2. The molecule has 32 heavy (non-hydrogen) atoms. The molecule has 1 atom stereocenters. The number of methoxy groups -OCH3 is 1. The molecule has 1 saturated heterocycles. The minimum atomic E-state index is 0.189. The van der Waals surface area contributed by atoms with Gasteiger partial charge in [0.1, 0.15) is 5.75 Å². The van der Waals surface area contributed by atoms with E-state index in [0.29, 0.717) is 26.3 Å². The Balaban J connectivity index is 1.56. The highest BCUT2D eigenvalue weighted by atomic mass is 16.5. The molecule has 3 rings (SSSR count). The molecule has 7 nitrogen and oxygen atoms in total. The topological polar surface area (TPSA) is 67.4 Å². The fourth-order valence-electron chi connectivity index (χ4n) is 3.67. The third-order valence-electron chi connectivity index (χ3n) is 5.40. The molecule has 0 saturated carbocycles. The van der Waals surface area contributed by atoms with Gasteiger partial charge in [0.15, 0.2) is 5.96 Å². The zero-order valence-electron chi connectivity index (χ0n) is 19.3. The van der Waals surface area contributed by atoms with E-state index in [-0.39, 0.29) is 6.04 Å². The van der Waals surface area contributed by atoms with E-state index in [9.17, 15) is 0 Å². The molecule has 0 aromatic heterocycles. The van der Waals surface area contributed by atoms with Crippen molar-refractivity contribution in [3.05, 3.63) is 65.7 Å². The summed E-state index contributed by atoms with van der Waals surface area (Å²) in [7, 11) is 1.69. The molecule has 1 unspecified atom stereocenters. The zero-order valence-corrected chi connectivity index (χ0v) is 19.3. The van der Waals surface area contributed by atoms with Crippen LogP contribution in [0.4, 0.5) is 0 Å². The molecule has 1 fully saturated rings. The Morgan fingerprint density at radius 2 is 1.81 bits per heavy atom. The number of rotatable bonds is 11. The van der Waals surface area contributed by atoms with Gasteiger partial charge >= 0.3 is 0 Å². The van der Waals surface area contributed by atoms with Crippen LogP contribution in [0, 0.1) is 0 Å². The van der Waals surface area contributed by atoms with Crippen molar-refractivity contribution in [3.8, 4) is 5.75 Å². The fraction of sp³-hybridized carbons (Fsp3) is 0.480. The predicted octanol–water partition coefficient (Wildman–Crippen LogP) is 2.84. The Morgan fingerprint density at radius 1 is 1.06 bits per heavy atom. The summed E-state index contributed by atoms with van der Waals surface area (Å²) in [6.07, 6.45) is 0. The minimum absolute atomic E-state index is 0.189. The van der Waals surface area contributed by atoms with Gasteiger partial charge in [0, 0.05) is 26.2 Å². The highest BCUT2D eigenvalue weighted by molar-refractivity contribution is 5.79. The normalized spacial score (nSPS) is 15.9. The molecule has 0 radical (unpaired) electrons. The fourth-order valence-corrected chi connectivity index (χ4v) is 3.67. The van der Waals surface area contributed by atoms with Gasteiger partial charge in [0.25, 0.3) is 0 Å². The van der Waals surface area contributed by atoms with Crippen LogP contribution < -0.4 is 15.4 Å². The van der Waals surface area contributed by atoms with Crippen LogP contribution in [0.15, 0.2) is 59.6 Å². The van der Waals surface area contributed by atoms with Crippen LogP contribution in [0.3, 0.4) is 0 Å². The molecule has 0 bridgehead atoms. The number of nitrogens with one attached hydrogen (secondary N) is 2.